The number of benzene rings is 1. The minimum Gasteiger partial charge on any atom is -0.377 e. The number of nitrogens with one attached hydrogen (secondary N) is 1. The molecule has 88 valence electrons. The van der Waals surface area contributed by atoms with E-state index in [0.717, 1.165) is 6.42 Å². The molecule has 2 rings (SSSR count). The highest BCUT2D eigenvalue weighted by Crippen LogP contribution is 2.28. The molecule has 0 radical (unpaired) electrons. The molecule has 1 heterocycles. The Bertz CT molecular complexity index is 336. The van der Waals surface area contributed by atoms with E-state index in [-0.39, 0.29) is 5.54 Å². The van der Waals surface area contributed by atoms with Crippen LogP contribution in [0.2, 0.25) is 0 Å². The van der Waals surface area contributed by atoms with Crippen LogP contribution in [0, 0.1) is 5.92 Å². The molecule has 16 heavy (non-hydrogen) atoms. The van der Waals surface area contributed by atoms with Crippen LogP contribution < -0.4 is 11.3 Å². The van der Waals surface area contributed by atoms with Crippen molar-refractivity contribution >= 4 is 0 Å². The Morgan fingerprint density at radius 1 is 1.31 bits per heavy atom. The van der Waals surface area contributed by atoms with Crippen molar-refractivity contribution in [1.82, 2.24) is 5.43 Å². The van der Waals surface area contributed by atoms with E-state index in [1.54, 1.807) is 0 Å². The lowest BCUT2D eigenvalue weighted by Crippen LogP contribution is -2.60. The molecule has 1 saturated heterocycles. The molecule has 3 nitrogen and oxygen atoms in total. The van der Waals surface area contributed by atoms with Crippen molar-refractivity contribution in [2.24, 2.45) is 11.8 Å². The number of hydrazine groups is 1. The molecule has 3 N–H and O–H groups in total. The monoisotopic (exact) mass is 220 g/mol. The van der Waals surface area contributed by atoms with Crippen molar-refractivity contribution < 1.29 is 4.74 Å². The predicted octanol–water partition coefficient (Wildman–Crippen LogP) is 1.57. The highest BCUT2D eigenvalue weighted by Gasteiger charge is 2.39. The number of ether oxygens (including phenoxy) is 1. The number of hydrogen-bond donors (Lipinski definition) is 2. The molecule has 1 aromatic rings. The van der Waals surface area contributed by atoms with E-state index < -0.39 is 0 Å². The van der Waals surface area contributed by atoms with Crippen molar-refractivity contribution in [3.8, 4) is 0 Å². The van der Waals surface area contributed by atoms with Gasteiger partial charge in [-0.3, -0.25) is 5.84 Å². The van der Waals surface area contributed by atoms with Gasteiger partial charge < -0.3 is 4.74 Å². The summed E-state index contributed by atoms with van der Waals surface area (Å²) >= 11 is 0. The van der Waals surface area contributed by atoms with Crippen LogP contribution in [-0.2, 0) is 16.7 Å². The summed E-state index contributed by atoms with van der Waals surface area (Å²) in [6.45, 7) is 5.78. The van der Waals surface area contributed by atoms with Crippen LogP contribution in [0.1, 0.15) is 25.0 Å². The summed E-state index contributed by atoms with van der Waals surface area (Å²) in [7, 11) is 0. The van der Waals surface area contributed by atoms with Gasteiger partial charge in [0, 0.05) is 0 Å². The third-order valence-corrected chi connectivity index (χ3v) is 3.12. The van der Waals surface area contributed by atoms with Gasteiger partial charge in [-0.05, 0) is 23.5 Å². The van der Waals surface area contributed by atoms with Gasteiger partial charge in [0.15, 0.2) is 0 Å². The van der Waals surface area contributed by atoms with Crippen molar-refractivity contribution in [2.45, 2.75) is 25.8 Å². The largest absolute Gasteiger partial charge is 0.377 e. The van der Waals surface area contributed by atoms with Gasteiger partial charge in [-0.25, -0.2) is 5.43 Å². The van der Waals surface area contributed by atoms with Crippen LogP contribution in [0.5, 0.6) is 0 Å². The average Bonchev–Trinajstić information content (AvgIpc) is 2.19. The van der Waals surface area contributed by atoms with Crippen molar-refractivity contribution in [2.75, 3.05) is 13.2 Å². The van der Waals surface area contributed by atoms with Gasteiger partial charge >= 0.3 is 0 Å². The molecular formula is C13H20N2O. The Morgan fingerprint density at radius 3 is 2.31 bits per heavy atom. The van der Waals surface area contributed by atoms with E-state index in [1.165, 1.54) is 11.1 Å². The summed E-state index contributed by atoms with van der Waals surface area (Å²) in [6.07, 6.45) is 1.12. The SMILES string of the molecule is CC(C)Cc1ccc(C2(NN)COC2)cc1. The molecule has 0 atom stereocenters. The first-order chi connectivity index (χ1) is 7.66. The van der Waals surface area contributed by atoms with Crippen LogP contribution in [0.15, 0.2) is 24.3 Å². The van der Waals surface area contributed by atoms with Crippen LogP contribution in [0.4, 0.5) is 0 Å². The molecule has 0 saturated carbocycles. The minimum atomic E-state index is -0.156. The average molecular weight is 220 g/mol. The van der Waals surface area contributed by atoms with Gasteiger partial charge in [-0.1, -0.05) is 38.1 Å². The zero-order chi connectivity index (χ0) is 11.6. The van der Waals surface area contributed by atoms with Gasteiger partial charge in [-0.2, -0.15) is 0 Å². The first kappa shape index (κ1) is 11.6. The zero-order valence-electron chi connectivity index (χ0n) is 9.99. The third-order valence-electron chi connectivity index (χ3n) is 3.12. The van der Waals surface area contributed by atoms with Crippen LogP contribution >= 0.6 is 0 Å². The zero-order valence-corrected chi connectivity index (χ0v) is 9.99. The summed E-state index contributed by atoms with van der Waals surface area (Å²) < 4.78 is 5.24. The van der Waals surface area contributed by atoms with Gasteiger partial charge in [0.1, 0.15) is 5.54 Å². The minimum absolute atomic E-state index is 0.156. The summed E-state index contributed by atoms with van der Waals surface area (Å²) in [4.78, 5) is 0. The first-order valence-electron chi connectivity index (χ1n) is 5.81. The van der Waals surface area contributed by atoms with E-state index in [2.05, 4.69) is 43.5 Å². The van der Waals surface area contributed by atoms with Gasteiger partial charge in [-0.15, -0.1) is 0 Å². The molecule has 1 fully saturated rings. The molecule has 3 heteroatoms. The molecule has 1 aromatic carbocycles. The molecule has 0 spiro atoms. The summed E-state index contributed by atoms with van der Waals surface area (Å²) in [5.41, 5.74) is 5.31. The van der Waals surface area contributed by atoms with Gasteiger partial charge in [0.05, 0.1) is 13.2 Å². The fourth-order valence-electron chi connectivity index (χ4n) is 2.07. The normalized spacial score (nSPS) is 18.5. The third kappa shape index (κ3) is 2.12. The fraction of sp³-hybridized carbons (Fsp3) is 0.538. The lowest BCUT2D eigenvalue weighted by atomic mass is 9.87. The Balaban J connectivity index is 2.12. The van der Waals surface area contributed by atoms with E-state index in [1.807, 2.05) is 0 Å². The highest BCUT2D eigenvalue weighted by molar-refractivity contribution is 5.30. The van der Waals surface area contributed by atoms with Crippen LogP contribution in [0.3, 0.4) is 0 Å². The molecule has 1 aliphatic rings. The molecule has 0 aromatic heterocycles. The van der Waals surface area contributed by atoms with E-state index in [0.29, 0.717) is 19.1 Å². The first-order valence-corrected chi connectivity index (χ1v) is 5.81. The second-order valence-electron chi connectivity index (χ2n) is 5.01. The highest BCUT2D eigenvalue weighted by atomic mass is 16.5. The van der Waals surface area contributed by atoms with E-state index >= 15 is 0 Å². The second-order valence-corrected chi connectivity index (χ2v) is 5.01. The van der Waals surface area contributed by atoms with E-state index in [9.17, 15) is 0 Å². The molecule has 1 aliphatic heterocycles. The summed E-state index contributed by atoms with van der Waals surface area (Å²) in [5.74, 6) is 6.28. The van der Waals surface area contributed by atoms with Crippen LogP contribution in [0.25, 0.3) is 0 Å². The molecule has 0 unspecified atom stereocenters. The second kappa shape index (κ2) is 4.53. The number of hydrogen-bond acceptors (Lipinski definition) is 3. The standard InChI is InChI=1S/C13H20N2O/c1-10(2)7-11-3-5-12(6-4-11)13(15-14)8-16-9-13/h3-6,10,15H,7-9,14H2,1-2H3. The Kier molecular flexibility index (Phi) is 3.28. The fourth-order valence-corrected chi connectivity index (χ4v) is 2.07. The van der Waals surface area contributed by atoms with E-state index in [4.69, 9.17) is 10.6 Å². The molecule has 0 aliphatic carbocycles. The predicted molar refractivity (Wildman–Crippen MR) is 64.8 cm³/mol. The number of rotatable bonds is 4. The maximum Gasteiger partial charge on any atom is 0.103 e. The van der Waals surface area contributed by atoms with Gasteiger partial charge in [0.25, 0.3) is 0 Å². The van der Waals surface area contributed by atoms with Crippen LogP contribution in [-0.4, -0.2) is 13.2 Å². The molecule has 0 bridgehead atoms. The Labute approximate surface area is 97.0 Å². The van der Waals surface area contributed by atoms with Crippen molar-refractivity contribution in [1.29, 1.82) is 0 Å². The summed E-state index contributed by atoms with van der Waals surface area (Å²) in [6, 6.07) is 8.68. The lowest BCUT2D eigenvalue weighted by Gasteiger charge is -2.41. The Hall–Kier alpha value is -0.900. The van der Waals surface area contributed by atoms with Gasteiger partial charge in [0.2, 0.25) is 0 Å². The molecular weight excluding hydrogens is 200 g/mol. The number of nitrogens with two attached hydrogens (primary N) is 1. The molecule has 0 amide bonds. The quantitative estimate of drug-likeness (QED) is 0.598. The maximum absolute atomic E-state index is 5.59. The smallest absolute Gasteiger partial charge is 0.103 e. The topological polar surface area (TPSA) is 47.3 Å². The van der Waals surface area contributed by atoms with Crippen molar-refractivity contribution in [3.05, 3.63) is 35.4 Å². The Morgan fingerprint density at radius 2 is 1.94 bits per heavy atom. The lowest BCUT2D eigenvalue weighted by molar-refractivity contribution is -0.0787. The van der Waals surface area contributed by atoms with Crippen molar-refractivity contribution in [3.63, 3.8) is 0 Å². The maximum atomic E-state index is 5.59. The summed E-state index contributed by atoms with van der Waals surface area (Å²) in [5, 5.41) is 0.